The number of halogens is 1. The standard InChI is InChI=1S/C14H22ClNS/c1-14(2)7-6-10(9-16-3)11(8-14)12-4-5-13(15)17-12/h4-5,10-11,16H,6-9H2,1-3H3. The summed E-state index contributed by atoms with van der Waals surface area (Å²) in [5, 5.41) is 3.34. The number of rotatable bonds is 3. The number of nitrogens with one attached hydrogen (secondary N) is 1. The third-order valence-electron chi connectivity index (χ3n) is 3.96. The van der Waals surface area contributed by atoms with Gasteiger partial charge in [0.25, 0.3) is 0 Å². The molecule has 1 aliphatic rings. The van der Waals surface area contributed by atoms with E-state index in [-0.39, 0.29) is 0 Å². The van der Waals surface area contributed by atoms with Crippen LogP contribution in [0.5, 0.6) is 0 Å². The zero-order valence-electron chi connectivity index (χ0n) is 10.9. The normalized spacial score (nSPS) is 28.2. The quantitative estimate of drug-likeness (QED) is 0.852. The van der Waals surface area contributed by atoms with Crippen LogP contribution in [0.25, 0.3) is 0 Å². The van der Waals surface area contributed by atoms with Crippen molar-refractivity contribution in [1.82, 2.24) is 5.32 Å². The minimum Gasteiger partial charge on any atom is -0.319 e. The van der Waals surface area contributed by atoms with Gasteiger partial charge >= 0.3 is 0 Å². The van der Waals surface area contributed by atoms with Crippen LogP contribution < -0.4 is 5.32 Å². The van der Waals surface area contributed by atoms with E-state index in [1.54, 1.807) is 11.3 Å². The molecule has 2 unspecified atom stereocenters. The lowest BCUT2D eigenvalue weighted by Gasteiger charge is -2.40. The van der Waals surface area contributed by atoms with Crippen LogP contribution in [0.15, 0.2) is 12.1 Å². The van der Waals surface area contributed by atoms with Crippen molar-refractivity contribution < 1.29 is 0 Å². The first-order valence-corrected chi connectivity index (χ1v) is 7.61. The molecule has 0 spiro atoms. The van der Waals surface area contributed by atoms with Crippen LogP contribution in [-0.2, 0) is 0 Å². The van der Waals surface area contributed by atoms with Gasteiger partial charge in [0.2, 0.25) is 0 Å². The first kappa shape index (κ1) is 13.4. The molecule has 17 heavy (non-hydrogen) atoms. The second-order valence-corrected chi connectivity index (χ2v) is 7.72. The lowest BCUT2D eigenvalue weighted by Crippen LogP contribution is -2.33. The van der Waals surface area contributed by atoms with E-state index in [0.717, 1.165) is 16.8 Å². The van der Waals surface area contributed by atoms with Crippen LogP contribution in [0.2, 0.25) is 4.34 Å². The molecule has 1 nitrogen and oxygen atoms in total. The Morgan fingerprint density at radius 3 is 2.82 bits per heavy atom. The van der Waals surface area contributed by atoms with Crippen molar-refractivity contribution in [1.29, 1.82) is 0 Å². The van der Waals surface area contributed by atoms with Crippen molar-refractivity contribution in [2.75, 3.05) is 13.6 Å². The number of hydrogen-bond donors (Lipinski definition) is 1. The highest BCUT2D eigenvalue weighted by Gasteiger charge is 2.35. The molecule has 1 aliphatic carbocycles. The van der Waals surface area contributed by atoms with Crippen molar-refractivity contribution in [3.05, 3.63) is 21.3 Å². The van der Waals surface area contributed by atoms with Gasteiger partial charge in [0.15, 0.2) is 0 Å². The van der Waals surface area contributed by atoms with Crippen LogP contribution in [0, 0.1) is 11.3 Å². The molecule has 1 aromatic heterocycles. The Morgan fingerprint density at radius 1 is 1.47 bits per heavy atom. The summed E-state index contributed by atoms with van der Waals surface area (Å²) in [6.45, 7) is 5.91. The molecule has 2 rings (SSSR count). The molecule has 96 valence electrons. The molecule has 1 N–H and O–H groups in total. The highest BCUT2D eigenvalue weighted by Crippen LogP contribution is 2.48. The van der Waals surface area contributed by atoms with E-state index < -0.39 is 0 Å². The zero-order valence-corrected chi connectivity index (χ0v) is 12.5. The molecule has 0 saturated heterocycles. The average molecular weight is 272 g/mol. The molecule has 0 radical (unpaired) electrons. The molecule has 0 amide bonds. The SMILES string of the molecule is CNCC1CCC(C)(C)CC1c1ccc(Cl)s1. The summed E-state index contributed by atoms with van der Waals surface area (Å²) in [5.41, 5.74) is 0.478. The largest absolute Gasteiger partial charge is 0.319 e. The van der Waals surface area contributed by atoms with E-state index >= 15 is 0 Å². The molecule has 3 heteroatoms. The predicted molar refractivity (Wildman–Crippen MR) is 77.1 cm³/mol. The maximum absolute atomic E-state index is 6.08. The molecular formula is C14H22ClNS. The van der Waals surface area contributed by atoms with Gasteiger partial charge in [0.1, 0.15) is 0 Å². The number of thiophene rings is 1. The van der Waals surface area contributed by atoms with Gasteiger partial charge in [-0.2, -0.15) is 0 Å². The third kappa shape index (κ3) is 3.24. The second-order valence-electron chi connectivity index (χ2n) is 5.97. The minimum atomic E-state index is 0.478. The molecule has 1 heterocycles. The Bertz CT molecular complexity index is 372. The van der Waals surface area contributed by atoms with Gasteiger partial charge in [-0.05, 0) is 62.2 Å². The van der Waals surface area contributed by atoms with E-state index in [1.807, 2.05) is 6.07 Å². The molecule has 1 aromatic rings. The van der Waals surface area contributed by atoms with E-state index in [2.05, 4.69) is 32.3 Å². The van der Waals surface area contributed by atoms with Crippen LogP contribution in [0.3, 0.4) is 0 Å². The van der Waals surface area contributed by atoms with Crippen LogP contribution in [0.4, 0.5) is 0 Å². The van der Waals surface area contributed by atoms with E-state index in [9.17, 15) is 0 Å². The van der Waals surface area contributed by atoms with Crippen LogP contribution in [-0.4, -0.2) is 13.6 Å². The van der Waals surface area contributed by atoms with E-state index in [4.69, 9.17) is 11.6 Å². The third-order valence-corrected chi connectivity index (χ3v) is 5.32. The molecular weight excluding hydrogens is 250 g/mol. The fourth-order valence-corrected chi connectivity index (χ4v) is 4.26. The monoisotopic (exact) mass is 271 g/mol. The molecule has 0 aromatic carbocycles. The second kappa shape index (κ2) is 5.29. The smallest absolute Gasteiger partial charge is 0.0931 e. The number of hydrogen-bond acceptors (Lipinski definition) is 2. The highest BCUT2D eigenvalue weighted by molar-refractivity contribution is 7.16. The topological polar surface area (TPSA) is 12.0 Å². The van der Waals surface area contributed by atoms with Gasteiger partial charge in [-0.3, -0.25) is 0 Å². The average Bonchev–Trinajstić information content (AvgIpc) is 2.67. The van der Waals surface area contributed by atoms with Gasteiger partial charge in [-0.15, -0.1) is 11.3 Å². The molecule has 1 fully saturated rings. The zero-order chi connectivity index (χ0) is 12.5. The molecule has 1 saturated carbocycles. The fourth-order valence-electron chi connectivity index (χ4n) is 3.01. The maximum Gasteiger partial charge on any atom is 0.0931 e. The molecule has 2 atom stereocenters. The van der Waals surface area contributed by atoms with Crippen molar-refractivity contribution >= 4 is 22.9 Å². The summed E-state index contributed by atoms with van der Waals surface area (Å²) in [6.07, 6.45) is 3.96. The summed E-state index contributed by atoms with van der Waals surface area (Å²) in [7, 11) is 2.05. The van der Waals surface area contributed by atoms with Crippen molar-refractivity contribution in [2.24, 2.45) is 11.3 Å². The van der Waals surface area contributed by atoms with Crippen LogP contribution >= 0.6 is 22.9 Å². The summed E-state index contributed by atoms with van der Waals surface area (Å²) in [6, 6.07) is 4.27. The fraction of sp³-hybridized carbons (Fsp3) is 0.714. The maximum atomic E-state index is 6.08. The summed E-state index contributed by atoms with van der Waals surface area (Å²) >= 11 is 7.84. The Labute approximate surface area is 114 Å². The Hall–Kier alpha value is -0.0500. The molecule has 0 aliphatic heterocycles. The first-order valence-electron chi connectivity index (χ1n) is 6.42. The van der Waals surface area contributed by atoms with Gasteiger partial charge in [-0.1, -0.05) is 25.4 Å². The predicted octanol–water partition coefficient (Wildman–Crippen LogP) is 4.53. The van der Waals surface area contributed by atoms with Gasteiger partial charge in [0.05, 0.1) is 4.34 Å². The Kier molecular flexibility index (Phi) is 4.17. The van der Waals surface area contributed by atoms with Gasteiger partial charge < -0.3 is 5.32 Å². The van der Waals surface area contributed by atoms with Crippen LogP contribution in [0.1, 0.15) is 43.9 Å². The summed E-state index contributed by atoms with van der Waals surface area (Å²) in [5.74, 6) is 1.45. The first-order chi connectivity index (χ1) is 8.02. The van der Waals surface area contributed by atoms with E-state index in [1.165, 1.54) is 24.1 Å². The Morgan fingerprint density at radius 2 is 2.24 bits per heavy atom. The lowest BCUT2D eigenvalue weighted by molar-refractivity contribution is 0.163. The summed E-state index contributed by atoms with van der Waals surface area (Å²) < 4.78 is 0.923. The van der Waals surface area contributed by atoms with Crippen molar-refractivity contribution in [3.8, 4) is 0 Å². The van der Waals surface area contributed by atoms with Gasteiger partial charge in [-0.25, -0.2) is 0 Å². The van der Waals surface area contributed by atoms with E-state index in [0.29, 0.717) is 11.3 Å². The van der Waals surface area contributed by atoms with Crippen molar-refractivity contribution in [2.45, 2.75) is 39.0 Å². The summed E-state index contributed by atoms with van der Waals surface area (Å²) in [4.78, 5) is 1.48. The highest BCUT2D eigenvalue weighted by atomic mass is 35.5. The minimum absolute atomic E-state index is 0.478. The van der Waals surface area contributed by atoms with Gasteiger partial charge in [0, 0.05) is 4.88 Å². The lowest BCUT2D eigenvalue weighted by atomic mass is 9.66. The Balaban J connectivity index is 2.18. The molecule has 0 bridgehead atoms. The van der Waals surface area contributed by atoms with Crippen molar-refractivity contribution in [3.63, 3.8) is 0 Å².